The Balaban J connectivity index is 2.86. The van der Waals surface area contributed by atoms with Gasteiger partial charge in [0.05, 0.1) is 13.1 Å². The maximum atomic E-state index is 13.1. The molecule has 1 amide bonds. The number of rotatable bonds is 21. The summed E-state index contributed by atoms with van der Waals surface area (Å²) < 4.78 is 3.47. The van der Waals surface area contributed by atoms with Crippen LogP contribution in [0.1, 0.15) is 84.0 Å². The molecule has 1 heterocycles. The van der Waals surface area contributed by atoms with Gasteiger partial charge in [0.25, 0.3) is 0 Å². The lowest BCUT2D eigenvalue weighted by atomic mass is 10.2. The third-order valence-electron chi connectivity index (χ3n) is 6.00. The van der Waals surface area contributed by atoms with Crippen LogP contribution in [-0.2, 0) is 34.0 Å². The molecule has 0 fully saturated rings. The monoisotopic (exact) mass is 520 g/mol. The van der Waals surface area contributed by atoms with E-state index >= 15 is 0 Å². The van der Waals surface area contributed by atoms with Crippen LogP contribution in [0.5, 0.6) is 0 Å². The van der Waals surface area contributed by atoms with Crippen LogP contribution in [0.25, 0.3) is 0 Å². The highest BCUT2D eigenvalue weighted by atomic mass is 16.2. The van der Waals surface area contributed by atoms with Gasteiger partial charge in [0.15, 0.2) is 0 Å². The number of hydrogen-bond donors (Lipinski definition) is 1. The first-order valence-corrected chi connectivity index (χ1v) is 13.2. The van der Waals surface area contributed by atoms with Crippen LogP contribution in [0, 0.1) is 0 Å². The number of isocyanates is 2. The van der Waals surface area contributed by atoms with E-state index in [-0.39, 0.29) is 25.5 Å². The molecule has 206 valence electrons. The van der Waals surface area contributed by atoms with Crippen LogP contribution in [0.3, 0.4) is 0 Å². The van der Waals surface area contributed by atoms with Gasteiger partial charge in [-0.1, -0.05) is 38.5 Å². The number of carbonyl (C=O) groups excluding carboxylic acids is 3. The van der Waals surface area contributed by atoms with E-state index in [0.29, 0.717) is 38.9 Å². The molecule has 1 aromatic rings. The summed E-state index contributed by atoms with van der Waals surface area (Å²) >= 11 is 0. The zero-order valence-corrected chi connectivity index (χ0v) is 21.9. The predicted octanol–water partition coefficient (Wildman–Crippen LogP) is 1.66. The average Bonchev–Trinajstić information content (AvgIpc) is 2.87. The molecule has 0 aliphatic rings. The highest BCUT2D eigenvalue weighted by Crippen LogP contribution is 2.03. The first-order chi connectivity index (χ1) is 17.9. The summed E-state index contributed by atoms with van der Waals surface area (Å²) in [7, 11) is 0. The van der Waals surface area contributed by atoms with Crippen LogP contribution in [-0.4, -0.2) is 51.4 Å². The highest BCUT2D eigenvalue weighted by molar-refractivity contribution is 5.72. The van der Waals surface area contributed by atoms with Gasteiger partial charge in [-0.2, -0.15) is 0 Å². The lowest BCUT2D eigenvalue weighted by Gasteiger charge is -2.14. The number of unbranched alkanes of at least 4 members (excludes halogenated alkanes) is 9. The minimum atomic E-state index is -0.585. The molecule has 0 bridgehead atoms. The topological polar surface area (TPSA) is 154 Å². The standard InChI is InChI=1S/C25H40N6O6/c1-22(34)28-16-10-4-7-13-19-31-24(36)29(17-11-5-2-8-14-26-20-32)23(35)30(25(31)37)18-12-6-3-9-15-27-21-33/h2-19H2,1H3,(H,28,34). The maximum absolute atomic E-state index is 13.1. The fourth-order valence-corrected chi connectivity index (χ4v) is 3.99. The fraction of sp³-hybridized carbons (Fsp3) is 0.760. The van der Waals surface area contributed by atoms with Crippen molar-refractivity contribution in [1.82, 2.24) is 19.0 Å². The van der Waals surface area contributed by atoms with E-state index in [1.165, 1.54) is 19.1 Å². The van der Waals surface area contributed by atoms with Crippen LogP contribution in [0.15, 0.2) is 24.4 Å². The molecule has 0 unspecified atom stereocenters. The third kappa shape index (κ3) is 13.0. The zero-order chi connectivity index (χ0) is 27.3. The SMILES string of the molecule is CC(=O)NCCCCCCn1c(=O)n(CCCCCCN=C=O)c(=O)n(CCCCCCN=C=O)c1=O. The largest absolute Gasteiger partial charge is 0.356 e. The van der Waals surface area contributed by atoms with Crippen LogP contribution in [0.4, 0.5) is 0 Å². The van der Waals surface area contributed by atoms with Gasteiger partial charge in [0, 0.05) is 33.1 Å². The molecule has 0 saturated heterocycles. The van der Waals surface area contributed by atoms with Gasteiger partial charge in [-0.15, -0.1) is 0 Å². The fourth-order valence-electron chi connectivity index (χ4n) is 3.99. The smallest absolute Gasteiger partial charge is 0.336 e. The Kier molecular flexibility index (Phi) is 16.9. The second-order valence-corrected chi connectivity index (χ2v) is 8.97. The molecule has 12 nitrogen and oxygen atoms in total. The van der Waals surface area contributed by atoms with Gasteiger partial charge in [0.1, 0.15) is 0 Å². The Bertz CT molecular complexity index is 1020. The Morgan fingerprint density at radius 3 is 1.32 bits per heavy atom. The van der Waals surface area contributed by atoms with Crippen molar-refractivity contribution in [3.8, 4) is 0 Å². The average molecular weight is 521 g/mol. The van der Waals surface area contributed by atoms with Crippen LogP contribution >= 0.6 is 0 Å². The normalized spacial score (nSPS) is 10.5. The molecule has 1 N–H and O–H groups in total. The summed E-state index contributed by atoms with van der Waals surface area (Å²) in [4.78, 5) is 77.4. The van der Waals surface area contributed by atoms with Crippen molar-refractivity contribution in [2.75, 3.05) is 19.6 Å². The van der Waals surface area contributed by atoms with Crippen LogP contribution < -0.4 is 22.4 Å². The first kappa shape index (κ1) is 31.7. The summed E-state index contributed by atoms with van der Waals surface area (Å²) in [5.41, 5.74) is -1.75. The highest BCUT2D eigenvalue weighted by Gasteiger charge is 2.15. The molecule has 0 radical (unpaired) electrons. The molecule has 1 aromatic heterocycles. The molecular weight excluding hydrogens is 480 g/mol. The number of nitrogens with one attached hydrogen (secondary N) is 1. The molecule has 0 spiro atoms. The summed E-state index contributed by atoms with van der Waals surface area (Å²) in [6, 6.07) is 0. The van der Waals surface area contributed by atoms with E-state index < -0.39 is 17.1 Å². The molecule has 0 aliphatic carbocycles. The van der Waals surface area contributed by atoms with Crippen molar-refractivity contribution in [3.05, 3.63) is 31.5 Å². The molecule has 0 saturated carbocycles. The molecule has 12 heteroatoms. The Morgan fingerprint density at radius 1 is 0.622 bits per heavy atom. The zero-order valence-electron chi connectivity index (χ0n) is 21.9. The molecule has 1 rings (SSSR count). The number of carbonyl (C=O) groups is 1. The maximum Gasteiger partial charge on any atom is 0.336 e. The number of amides is 1. The van der Waals surface area contributed by atoms with Crippen LogP contribution in [0.2, 0.25) is 0 Å². The van der Waals surface area contributed by atoms with Gasteiger partial charge in [-0.05, 0) is 38.5 Å². The molecule has 0 atom stereocenters. The van der Waals surface area contributed by atoms with E-state index in [4.69, 9.17) is 0 Å². The Hall–Kier alpha value is -3.36. The van der Waals surface area contributed by atoms with Crippen molar-refractivity contribution in [2.24, 2.45) is 9.98 Å². The second-order valence-electron chi connectivity index (χ2n) is 8.97. The first-order valence-electron chi connectivity index (χ1n) is 13.2. The van der Waals surface area contributed by atoms with Gasteiger partial charge in [0.2, 0.25) is 18.1 Å². The number of aliphatic imine (C=N–C) groups is 2. The second kappa shape index (κ2) is 19.8. The van der Waals surface area contributed by atoms with Gasteiger partial charge < -0.3 is 5.32 Å². The lowest BCUT2D eigenvalue weighted by molar-refractivity contribution is -0.118. The van der Waals surface area contributed by atoms with Gasteiger partial charge in [-0.3, -0.25) is 4.79 Å². The van der Waals surface area contributed by atoms with Gasteiger partial charge in [-0.25, -0.2) is 47.7 Å². The van der Waals surface area contributed by atoms with E-state index in [9.17, 15) is 28.8 Å². The summed E-state index contributed by atoms with van der Waals surface area (Å²) in [6.07, 6.45) is 11.9. The number of nitrogens with zero attached hydrogens (tertiary/aromatic N) is 5. The quantitative estimate of drug-likeness (QED) is 0.148. The van der Waals surface area contributed by atoms with Crippen molar-refractivity contribution in [2.45, 2.75) is 104 Å². The summed E-state index contributed by atoms with van der Waals surface area (Å²) in [5.74, 6) is -0.0710. The minimum Gasteiger partial charge on any atom is -0.356 e. The molecule has 0 aliphatic heterocycles. The van der Waals surface area contributed by atoms with Crippen molar-refractivity contribution in [1.29, 1.82) is 0 Å². The van der Waals surface area contributed by atoms with E-state index in [2.05, 4.69) is 15.3 Å². The predicted molar refractivity (Wildman–Crippen MR) is 139 cm³/mol. The van der Waals surface area contributed by atoms with E-state index in [0.717, 1.165) is 71.5 Å². The van der Waals surface area contributed by atoms with E-state index in [1.54, 1.807) is 0 Å². The van der Waals surface area contributed by atoms with Crippen molar-refractivity contribution < 1.29 is 14.4 Å². The Morgan fingerprint density at radius 2 is 0.973 bits per heavy atom. The van der Waals surface area contributed by atoms with Crippen molar-refractivity contribution >= 4 is 18.1 Å². The molecule has 37 heavy (non-hydrogen) atoms. The molecular formula is C25H40N6O6. The number of aromatic nitrogens is 3. The Labute approximate surface area is 216 Å². The lowest BCUT2D eigenvalue weighted by Crippen LogP contribution is -2.54. The molecule has 0 aromatic carbocycles. The van der Waals surface area contributed by atoms with E-state index in [1.807, 2.05) is 0 Å². The van der Waals surface area contributed by atoms with Crippen molar-refractivity contribution in [3.63, 3.8) is 0 Å². The number of hydrogen-bond acceptors (Lipinski definition) is 8. The summed E-state index contributed by atoms with van der Waals surface area (Å²) in [5, 5.41) is 2.74. The third-order valence-corrected chi connectivity index (χ3v) is 6.00. The minimum absolute atomic E-state index is 0.0710. The van der Waals surface area contributed by atoms with Gasteiger partial charge >= 0.3 is 17.1 Å². The summed E-state index contributed by atoms with van der Waals surface area (Å²) in [6.45, 7) is 3.55.